The van der Waals surface area contributed by atoms with Crippen molar-refractivity contribution in [2.24, 2.45) is 0 Å². The fourth-order valence-corrected chi connectivity index (χ4v) is 2.05. The first-order chi connectivity index (χ1) is 6.06. The maximum absolute atomic E-state index is 10.6. The van der Waals surface area contributed by atoms with Gasteiger partial charge in [0.2, 0.25) is 0 Å². The van der Waals surface area contributed by atoms with Gasteiger partial charge < -0.3 is 9.05 Å². The van der Waals surface area contributed by atoms with Crippen LogP contribution in [0.1, 0.15) is 33.6 Å². The van der Waals surface area contributed by atoms with Gasteiger partial charge in [-0.3, -0.25) is 9.59 Å². The van der Waals surface area contributed by atoms with E-state index in [0.29, 0.717) is 6.16 Å². The standard InChI is InChI=1S/C8H15O4P/c1-4-5-6-13(11-7(2)9)12-8(3)10/h4-6H2,1-3H3. The third kappa shape index (κ3) is 7.72. The van der Waals surface area contributed by atoms with Gasteiger partial charge in [0.1, 0.15) is 0 Å². The van der Waals surface area contributed by atoms with Gasteiger partial charge in [-0.1, -0.05) is 13.3 Å². The molecular formula is C8H15O4P. The Bertz CT molecular complexity index is 165. The number of hydrogen-bond acceptors (Lipinski definition) is 4. The Morgan fingerprint density at radius 2 is 1.62 bits per heavy atom. The monoisotopic (exact) mass is 206 g/mol. The summed E-state index contributed by atoms with van der Waals surface area (Å²) in [5.74, 6) is -0.799. The minimum absolute atomic E-state index is 0.400. The molecule has 0 saturated heterocycles. The molecule has 0 atom stereocenters. The van der Waals surface area contributed by atoms with E-state index >= 15 is 0 Å². The van der Waals surface area contributed by atoms with Crippen LogP contribution in [0.5, 0.6) is 0 Å². The summed E-state index contributed by atoms with van der Waals surface area (Å²) in [7, 11) is -1.34. The SMILES string of the molecule is CCCCP(OC(C)=O)OC(C)=O. The van der Waals surface area contributed by atoms with Crippen LogP contribution in [0.4, 0.5) is 0 Å². The fourth-order valence-electron chi connectivity index (χ4n) is 0.684. The van der Waals surface area contributed by atoms with Gasteiger partial charge in [0.05, 0.1) is 0 Å². The molecule has 0 unspecified atom stereocenters. The van der Waals surface area contributed by atoms with Crippen LogP contribution in [-0.4, -0.2) is 18.1 Å². The zero-order valence-electron chi connectivity index (χ0n) is 8.20. The fraction of sp³-hybridized carbons (Fsp3) is 0.750. The number of hydrogen-bond donors (Lipinski definition) is 0. The van der Waals surface area contributed by atoms with E-state index < -0.39 is 20.3 Å². The molecule has 0 amide bonds. The molecule has 0 aliphatic carbocycles. The van der Waals surface area contributed by atoms with Gasteiger partial charge >= 0.3 is 11.9 Å². The van der Waals surface area contributed by atoms with Crippen molar-refractivity contribution in [3.63, 3.8) is 0 Å². The van der Waals surface area contributed by atoms with Gasteiger partial charge in [-0.25, -0.2) is 0 Å². The van der Waals surface area contributed by atoms with Gasteiger partial charge in [0, 0.05) is 20.0 Å². The molecule has 0 rings (SSSR count). The molecule has 0 fully saturated rings. The zero-order valence-corrected chi connectivity index (χ0v) is 9.10. The molecule has 0 heterocycles. The van der Waals surface area contributed by atoms with E-state index in [-0.39, 0.29) is 0 Å². The van der Waals surface area contributed by atoms with Crippen LogP contribution in [0.25, 0.3) is 0 Å². The molecule has 0 bridgehead atoms. The van der Waals surface area contributed by atoms with E-state index in [9.17, 15) is 9.59 Å². The van der Waals surface area contributed by atoms with Crippen molar-refractivity contribution in [3.8, 4) is 0 Å². The van der Waals surface area contributed by atoms with Crippen molar-refractivity contribution in [2.75, 3.05) is 6.16 Å². The van der Waals surface area contributed by atoms with Gasteiger partial charge in [-0.05, 0) is 6.42 Å². The minimum atomic E-state index is -1.34. The molecule has 0 saturated carbocycles. The van der Waals surface area contributed by atoms with Crippen molar-refractivity contribution in [1.82, 2.24) is 0 Å². The first-order valence-corrected chi connectivity index (χ1v) is 5.57. The molecule has 0 aliphatic heterocycles. The Balaban J connectivity index is 3.87. The topological polar surface area (TPSA) is 52.6 Å². The number of unbranched alkanes of at least 4 members (excludes halogenated alkanes) is 1. The normalized spacial score (nSPS) is 9.85. The van der Waals surface area contributed by atoms with Crippen molar-refractivity contribution in [1.29, 1.82) is 0 Å². The highest BCUT2D eigenvalue weighted by Gasteiger charge is 2.15. The average Bonchev–Trinajstić information content (AvgIpc) is 1.98. The maximum Gasteiger partial charge on any atom is 0.307 e. The molecule has 5 heteroatoms. The lowest BCUT2D eigenvalue weighted by atomic mass is 10.4. The van der Waals surface area contributed by atoms with E-state index in [1.165, 1.54) is 13.8 Å². The maximum atomic E-state index is 10.6. The zero-order chi connectivity index (χ0) is 10.3. The number of rotatable bonds is 5. The summed E-state index contributed by atoms with van der Waals surface area (Å²) in [5.41, 5.74) is 0. The number of carbonyl (C=O) groups is 2. The smallest absolute Gasteiger partial charge is 0.307 e. The summed E-state index contributed by atoms with van der Waals surface area (Å²) >= 11 is 0. The largest absolute Gasteiger partial charge is 0.407 e. The van der Waals surface area contributed by atoms with Gasteiger partial charge in [0.25, 0.3) is 8.38 Å². The predicted molar refractivity (Wildman–Crippen MR) is 50.2 cm³/mol. The van der Waals surface area contributed by atoms with E-state index in [4.69, 9.17) is 9.05 Å². The summed E-state index contributed by atoms with van der Waals surface area (Å²) in [6.07, 6.45) is 2.51. The van der Waals surface area contributed by atoms with Crippen LogP contribution in [0.3, 0.4) is 0 Å². The molecule has 0 aromatic rings. The predicted octanol–water partition coefficient (Wildman–Crippen LogP) is 2.22. The van der Waals surface area contributed by atoms with Crippen LogP contribution < -0.4 is 0 Å². The Hall–Kier alpha value is -0.630. The Morgan fingerprint density at radius 1 is 1.15 bits per heavy atom. The lowest BCUT2D eigenvalue weighted by Crippen LogP contribution is -2.02. The van der Waals surface area contributed by atoms with E-state index in [1.807, 2.05) is 6.92 Å². The van der Waals surface area contributed by atoms with E-state index in [0.717, 1.165) is 12.8 Å². The van der Waals surface area contributed by atoms with Crippen molar-refractivity contribution in [3.05, 3.63) is 0 Å². The highest BCUT2D eigenvalue weighted by atomic mass is 31.2. The molecule has 0 spiro atoms. The van der Waals surface area contributed by atoms with Crippen molar-refractivity contribution in [2.45, 2.75) is 33.6 Å². The second kappa shape index (κ2) is 6.84. The quantitative estimate of drug-likeness (QED) is 0.647. The highest BCUT2D eigenvalue weighted by Crippen LogP contribution is 2.39. The first-order valence-electron chi connectivity index (χ1n) is 4.20. The van der Waals surface area contributed by atoms with Crippen molar-refractivity contribution >= 4 is 20.3 Å². The number of carbonyl (C=O) groups excluding carboxylic acids is 2. The third-order valence-electron chi connectivity index (χ3n) is 1.15. The van der Waals surface area contributed by atoms with Gasteiger partial charge in [-0.2, -0.15) is 0 Å². The first kappa shape index (κ1) is 12.4. The minimum Gasteiger partial charge on any atom is -0.407 e. The van der Waals surface area contributed by atoms with Gasteiger partial charge in [0.15, 0.2) is 0 Å². The second-order valence-electron chi connectivity index (χ2n) is 2.58. The van der Waals surface area contributed by atoms with Gasteiger partial charge in [-0.15, -0.1) is 0 Å². The summed E-state index contributed by atoms with van der Waals surface area (Å²) in [6, 6.07) is 0. The van der Waals surface area contributed by atoms with Crippen LogP contribution in [0, 0.1) is 0 Å². The second-order valence-corrected chi connectivity index (χ2v) is 4.05. The molecule has 0 aliphatic rings. The summed E-state index contributed by atoms with van der Waals surface area (Å²) in [4.78, 5) is 21.2. The third-order valence-corrected chi connectivity index (χ3v) is 2.76. The molecule has 0 aromatic heterocycles. The average molecular weight is 206 g/mol. The molecular weight excluding hydrogens is 191 g/mol. The summed E-state index contributed by atoms with van der Waals surface area (Å²) in [5, 5.41) is 0. The molecule has 0 radical (unpaired) electrons. The summed E-state index contributed by atoms with van der Waals surface area (Å²) < 4.78 is 9.69. The highest BCUT2D eigenvalue weighted by molar-refractivity contribution is 7.48. The lowest BCUT2D eigenvalue weighted by Gasteiger charge is -2.13. The van der Waals surface area contributed by atoms with E-state index in [2.05, 4.69) is 0 Å². The lowest BCUT2D eigenvalue weighted by molar-refractivity contribution is -0.134. The van der Waals surface area contributed by atoms with Crippen LogP contribution >= 0.6 is 8.38 Å². The Morgan fingerprint density at radius 3 is 1.92 bits per heavy atom. The Labute approximate surface area is 79.5 Å². The molecule has 0 N–H and O–H groups in total. The molecule has 0 aromatic carbocycles. The van der Waals surface area contributed by atoms with Crippen LogP contribution in [0.15, 0.2) is 0 Å². The molecule has 76 valence electrons. The van der Waals surface area contributed by atoms with E-state index in [1.54, 1.807) is 0 Å². The molecule has 4 nitrogen and oxygen atoms in total. The molecule has 13 heavy (non-hydrogen) atoms. The van der Waals surface area contributed by atoms with Crippen LogP contribution in [0.2, 0.25) is 0 Å². The van der Waals surface area contributed by atoms with Crippen LogP contribution in [-0.2, 0) is 18.6 Å². The van der Waals surface area contributed by atoms with Crippen molar-refractivity contribution < 1.29 is 18.6 Å². The Kier molecular flexibility index (Phi) is 6.51. The summed E-state index contributed by atoms with van der Waals surface area (Å²) in [6.45, 7) is 4.64.